The van der Waals surface area contributed by atoms with Gasteiger partial charge in [0, 0.05) is 11.6 Å². The summed E-state index contributed by atoms with van der Waals surface area (Å²) in [5.41, 5.74) is -0.418. The van der Waals surface area contributed by atoms with Gasteiger partial charge in [-0.3, -0.25) is 19.7 Å². The lowest BCUT2D eigenvalue weighted by molar-refractivity contribution is -0.385. The van der Waals surface area contributed by atoms with Gasteiger partial charge in [-0.25, -0.2) is 0 Å². The standard InChI is InChI=1S/C11H11NO5/c1-3-17-10-5-8(6-13)4-9(12(15)16)11(10)7(2)14/h4-6H,3H2,1-2H3. The highest BCUT2D eigenvalue weighted by Crippen LogP contribution is 2.30. The van der Waals surface area contributed by atoms with Crippen molar-refractivity contribution in [3.8, 4) is 5.75 Å². The highest BCUT2D eigenvalue weighted by atomic mass is 16.6. The van der Waals surface area contributed by atoms with Gasteiger partial charge in [0.25, 0.3) is 5.69 Å². The van der Waals surface area contributed by atoms with Crippen LogP contribution in [0.5, 0.6) is 5.75 Å². The Morgan fingerprint density at radius 1 is 1.53 bits per heavy atom. The monoisotopic (exact) mass is 237 g/mol. The molecule has 0 fully saturated rings. The quantitative estimate of drug-likeness (QED) is 0.338. The number of carbonyl (C=O) groups is 2. The first-order valence-electron chi connectivity index (χ1n) is 4.92. The number of nitro benzene ring substituents is 1. The minimum atomic E-state index is -0.702. The van der Waals surface area contributed by atoms with E-state index in [4.69, 9.17) is 4.74 Å². The van der Waals surface area contributed by atoms with Crippen molar-refractivity contribution >= 4 is 17.8 Å². The third-order valence-corrected chi connectivity index (χ3v) is 2.09. The summed E-state index contributed by atoms with van der Waals surface area (Å²) < 4.78 is 5.15. The summed E-state index contributed by atoms with van der Waals surface area (Å²) >= 11 is 0. The van der Waals surface area contributed by atoms with Crippen LogP contribution in [0.4, 0.5) is 5.69 Å². The maximum atomic E-state index is 11.4. The fourth-order valence-corrected chi connectivity index (χ4v) is 1.46. The SMILES string of the molecule is CCOc1cc(C=O)cc([N+](=O)[O-])c1C(C)=O. The molecule has 6 heteroatoms. The Balaban J connectivity index is 3.54. The van der Waals surface area contributed by atoms with E-state index in [2.05, 4.69) is 0 Å². The Morgan fingerprint density at radius 2 is 2.18 bits per heavy atom. The van der Waals surface area contributed by atoms with Crippen molar-refractivity contribution in [3.63, 3.8) is 0 Å². The van der Waals surface area contributed by atoms with Crippen LogP contribution in [-0.4, -0.2) is 23.6 Å². The van der Waals surface area contributed by atoms with E-state index in [-0.39, 0.29) is 23.5 Å². The fraction of sp³-hybridized carbons (Fsp3) is 0.273. The second kappa shape index (κ2) is 5.20. The van der Waals surface area contributed by atoms with Crippen LogP contribution in [0, 0.1) is 10.1 Å². The summed E-state index contributed by atoms with van der Waals surface area (Å²) in [4.78, 5) is 32.2. The van der Waals surface area contributed by atoms with E-state index in [9.17, 15) is 19.7 Å². The predicted octanol–water partition coefficient (Wildman–Crippen LogP) is 2.01. The number of carbonyl (C=O) groups excluding carboxylic acids is 2. The van der Waals surface area contributed by atoms with Crippen molar-refractivity contribution in [3.05, 3.63) is 33.4 Å². The Bertz CT molecular complexity index is 481. The predicted molar refractivity (Wildman–Crippen MR) is 59.7 cm³/mol. The lowest BCUT2D eigenvalue weighted by Gasteiger charge is -2.09. The van der Waals surface area contributed by atoms with E-state index < -0.39 is 16.4 Å². The van der Waals surface area contributed by atoms with Crippen LogP contribution in [0.2, 0.25) is 0 Å². The molecule has 0 unspecified atom stereocenters. The minimum Gasteiger partial charge on any atom is -0.493 e. The van der Waals surface area contributed by atoms with E-state index in [0.717, 1.165) is 6.07 Å². The average molecular weight is 237 g/mol. The van der Waals surface area contributed by atoms with Crippen LogP contribution in [0.1, 0.15) is 34.6 Å². The number of nitro groups is 1. The van der Waals surface area contributed by atoms with Gasteiger partial charge in [-0.15, -0.1) is 0 Å². The van der Waals surface area contributed by atoms with Crippen LogP contribution in [0.25, 0.3) is 0 Å². The summed E-state index contributed by atoms with van der Waals surface area (Å²) in [6.07, 6.45) is 0.472. The van der Waals surface area contributed by atoms with Crippen LogP contribution in [0.3, 0.4) is 0 Å². The average Bonchev–Trinajstić information content (AvgIpc) is 2.27. The lowest BCUT2D eigenvalue weighted by atomic mass is 10.1. The van der Waals surface area contributed by atoms with Crippen molar-refractivity contribution in [1.29, 1.82) is 0 Å². The number of hydrogen-bond donors (Lipinski definition) is 0. The molecule has 1 aromatic rings. The first kappa shape index (κ1) is 12.8. The molecule has 0 saturated carbocycles. The second-order valence-corrected chi connectivity index (χ2v) is 3.28. The zero-order valence-electron chi connectivity index (χ0n) is 9.43. The molecule has 0 saturated heterocycles. The molecule has 1 rings (SSSR count). The molecule has 0 heterocycles. The van der Waals surface area contributed by atoms with Crippen molar-refractivity contribution in [2.45, 2.75) is 13.8 Å². The van der Waals surface area contributed by atoms with E-state index in [1.165, 1.54) is 13.0 Å². The normalized spacial score (nSPS) is 9.76. The van der Waals surface area contributed by atoms with Crippen LogP contribution in [-0.2, 0) is 0 Å². The van der Waals surface area contributed by atoms with Gasteiger partial charge in [-0.2, -0.15) is 0 Å². The molecule has 90 valence electrons. The molecule has 0 amide bonds. The summed E-state index contributed by atoms with van der Waals surface area (Å²) in [7, 11) is 0. The first-order chi connectivity index (χ1) is 8.01. The highest BCUT2D eigenvalue weighted by Gasteiger charge is 2.23. The topological polar surface area (TPSA) is 86.5 Å². The maximum absolute atomic E-state index is 11.4. The Hall–Kier alpha value is -2.24. The zero-order valence-corrected chi connectivity index (χ0v) is 9.43. The third-order valence-electron chi connectivity index (χ3n) is 2.09. The summed E-state index contributed by atoms with van der Waals surface area (Å²) in [6.45, 7) is 3.15. The molecule has 0 spiro atoms. The summed E-state index contributed by atoms with van der Waals surface area (Å²) in [5, 5.41) is 10.8. The molecule has 0 aromatic heterocycles. The molecule has 0 aliphatic heterocycles. The highest BCUT2D eigenvalue weighted by molar-refractivity contribution is 6.02. The van der Waals surface area contributed by atoms with E-state index >= 15 is 0 Å². The third kappa shape index (κ3) is 2.66. The van der Waals surface area contributed by atoms with Gasteiger partial charge < -0.3 is 4.74 Å². The molecule has 0 radical (unpaired) electrons. The fourth-order valence-electron chi connectivity index (χ4n) is 1.46. The molecular formula is C11H11NO5. The number of ether oxygens (including phenoxy) is 1. The summed E-state index contributed by atoms with van der Waals surface area (Å²) in [6, 6.07) is 2.38. The number of benzene rings is 1. The Kier molecular flexibility index (Phi) is 3.92. The van der Waals surface area contributed by atoms with Crippen LogP contribution >= 0.6 is 0 Å². The molecular weight excluding hydrogens is 226 g/mol. The maximum Gasteiger partial charge on any atom is 0.284 e. The molecule has 6 nitrogen and oxygen atoms in total. The van der Waals surface area contributed by atoms with Gasteiger partial charge in [0.1, 0.15) is 17.6 Å². The Morgan fingerprint density at radius 3 is 2.59 bits per heavy atom. The molecule has 17 heavy (non-hydrogen) atoms. The molecule has 0 bridgehead atoms. The van der Waals surface area contributed by atoms with Gasteiger partial charge in [0.05, 0.1) is 11.5 Å². The number of Topliss-reactive ketones (excluding diaryl/α,β-unsaturated/α-hetero) is 1. The first-order valence-corrected chi connectivity index (χ1v) is 4.92. The van der Waals surface area contributed by atoms with Crippen molar-refractivity contribution < 1.29 is 19.2 Å². The Labute approximate surface area is 97.3 Å². The number of nitrogens with zero attached hydrogens (tertiary/aromatic N) is 1. The molecule has 0 N–H and O–H groups in total. The van der Waals surface area contributed by atoms with Gasteiger partial charge >= 0.3 is 0 Å². The van der Waals surface area contributed by atoms with E-state index in [0.29, 0.717) is 6.29 Å². The number of ketones is 1. The number of rotatable bonds is 5. The van der Waals surface area contributed by atoms with Gasteiger partial charge in [-0.1, -0.05) is 0 Å². The summed E-state index contributed by atoms with van der Waals surface area (Å²) in [5.74, 6) is -0.408. The van der Waals surface area contributed by atoms with E-state index in [1.54, 1.807) is 6.92 Å². The van der Waals surface area contributed by atoms with Crippen LogP contribution in [0.15, 0.2) is 12.1 Å². The molecule has 1 aromatic carbocycles. The second-order valence-electron chi connectivity index (χ2n) is 3.28. The van der Waals surface area contributed by atoms with Crippen molar-refractivity contribution in [1.82, 2.24) is 0 Å². The minimum absolute atomic E-state index is 0.0660. The lowest BCUT2D eigenvalue weighted by Crippen LogP contribution is -2.06. The van der Waals surface area contributed by atoms with Gasteiger partial charge in [0.15, 0.2) is 5.78 Å². The zero-order chi connectivity index (χ0) is 13.0. The van der Waals surface area contributed by atoms with Crippen molar-refractivity contribution in [2.24, 2.45) is 0 Å². The largest absolute Gasteiger partial charge is 0.493 e. The van der Waals surface area contributed by atoms with Gasteiger partial charge in [-0.05, 0) is 19.9 Å². The molecule has 0 atom stereocenters. The smallest absolute Gasteiger partial charge is 0.284 e. The number of hydrogen-bond acceptors (Lipinski definition) is 5. The van der Waals surface area contributed by atoms with Crippen molar-refractivity contribution in [2.75, 3.05) is 6.61 Å². The van der Waals surface area contributed by atoms with E-state index in [1.807, 2.05) is 0 Å². The molecule has 0 aliphatic carbocycles. The molecule has 0 aliphatic rings. The van der Waals surface area contributed by atoms with Gasteiger partial charge in [0.2, 0.25) is 0 Å². The number of aldehydes is 1. The van der Waals surface area contributed by atoms with Crippen LogP contribution < -0.4 is 4.74 Å².